The van der Waals surface area contributed by atoms with Crippen LogP contribution in [0.2, 0.25) is 0 Å². The van der Waals surface area contributed by atoms with E-state index in [1.807, 2.05) is 24.3 Å². The first-order valence-corrected chi connectivity index (χ1v) is 8.12. The molecule has 0 bridgehead atoms. The van der Waals surface area contributed by atoms with Crippen LogP contribution in [0.5, 0.6) is 0 Å². The molecule has 5 atom stereocenters. The Bertz CT molecular complexity index is 582. The van der Waals surface area contributed by atoms with Crippen LogP contribution in [-0.2, 0) is 9.57 Å². The minimum absolute atomic E-state index is 0.465. The molecule has 0 unspecified atom stereocenters. The van der Waals surface area contributed by atoms with Gasteiger partial charge in [0.25, 0.3) is 0 Å². The van der Waals surface area contributed by atoms with Crippen molar-refractivity contribution in [1.29, 1.82) is 0 Å². The lowest BCUT2D eigenvalue weighted by molar-refractivity contribution is -0.318. The minimum Gasteiger partial charge on any atom is -0.394 e. The summed E-state index contributed by atoms with van der Waals surface area (Å²) in [7, 11) is 0. The summed E-state index contributed by atoms with van der Waals surface area (Å²) in [4.78, 5) is 5.23. The SMILES string of the molecule is OC[C@H]1O[C@]2(ON=C(c3ccc(Br)cc3)S2)[C@H](O)[C@@H](O)[C@@H]1O. The van der Waals surface area contributed by atoms with Crippen molar-refractivity contribution in [3.8, 4) is 0 Å². The second-order valence-corrected chi connectivity index (χ2v) is 7.04. The number of aliphatic hydroxyl groups excluding tert-OH is 4. The predicted molar refractivity (Wildman–Crippen MR) is 82.1 cm³/mol. The summed E-state index contributed by atoms with van der Waals surface area (Å²) in [6.45, 7) is -0.524. The number of benzene rings is 1. The van der Waals surface area contributed by atoms with Crippen molar-refractivity contribution in [3.63, 3.8) is 0 Å². The number of rotatable bonds is 2. The Hall–Kier alpha value is -0.680. The highest BCUT2D eigenvalue weighted by Crippen LogP contribution is 2.45. The molecule has 0 aliphatic carbocycles. The zero-order chi connectivity index (χ0) is 15.9. The fraction of sp³-hybridized carbons (Fsp3) is 0.462. The number of hydrogen-bond donors (Lipinski definition) is 4. The van der Waals surface area contributed by atoms with Crippen LogP contribution >= 0.6 is 27.7 Å². The van der Waals surface area contributed by atoms with E-state index in [0.29, 0.717) is 5.04 Å². The highest BCUT2D eigenvalue weighted by atomic mass is 79.9. The van der Waals surface area contributed by atoms with Crippen molar-refractivity contribution >= 4 is 32.7 Å². The summed E-state index contributed by atoms with van der Waals surface area (Å²) < 4.78 is 6.37. The zero-order valence-electron chi connectivity index (χ0n) is 11.2. The van der Waals surface area contributed by atoms with Gasteiger partial charge >= 0.3 is 5.12 Å². The summed E-state index contributed by atoms with van der Waals surface area (Å²) in [6.07, 6.45) is -5.53. The van der Waals surface area contributed by atoms with E-state index in [2.05, 4.69) is 21.1 Å². The summed E-state index contributed by atoms with van der Waals surface area (Å²) >= 11 is 4.32. The maximum absolute atomic E-state index is 10.2. The molecule has 120 valence electrons. The maximum Gasteiger partial charge on any atom is 0.320 e. The molecule has 2 aliphatic rings. The molecule has 0 aromatic heterocycles. The van der Waals surface area contributed by atoms with Crippen LogP contribution in [0.15, 0.2) is 33.9 Å². The first-order valence-electron chi connectivity index (χ1n) is 6.51. The molecule has 1 saturated heterocycles. The van der Waals surface area contributed by atoms with Crippen molar-refractivity contribution < 1.29 is 30.0 Å². The lowest BCUT2D eigenvalue weighted by Gasteiger charge is -2.43. The third-order valence-corrected chi connectivity index (χ3v) is 5.23. The van der Waals surface area contributed by atoms with Gasteiger partial charge in [-0.25, -0.2) is 0 Å². The Morgan fingerprint density at radius 2 is 1.86 bits per heavy atom. The fourth-order valence-electron chi connectivity index (χ4n) is 2.25. The highest BCUT2D eigenvalue weighted by molar-refractivity contribution is 9.10. The quantitative estimate of drug-likeness (QED) is 0.561. The van der Waals surface area contributed by atoms with E-state index >= 15 is 0 Å². The Balaban J connectivity index is 1.83. The van der Waals surface area contributed by atoms with Gasteiger partial charge in [-0.1, -0.05) is 33.2 Å². The first-order chi connectivity index (χ1) is 10.5. The van der Waals surface area contributed by atoms with Gasteiger partial charge in [0.2, 0.25) is 0 Å². The molecule has 3 rings (SSSR count). The molecule has 22 heavy (non-hydrogen) atoms. The molecule has 7 nitrogen and oxygen atoms in total. The van der Waals surface area contributed by atoms with E-state index in [1.54, 1.807) is 0 Å². The molecule has 4 N–H and O–H groups in total. The van der Waals surface area contributed by atoms with Crippen molar-refractivity contribution in [2.45, 2.75) is 29.5 Å². The standard InChI is InChI=1S/C13H14BrNO6S/c14-7-3-1-6(2-4-7)12-15-21-13(22-12)11(19)10(18)9(17)8(5-16)20-13/h1-4,8-11,16-19H,5H2/t8-,9-,10+,11-,13+/m1/s1. The van der Waals surface area contributed by atoms with Gasteiger partial charge in [-0.05, 0) is 23.9 Å². The van der Waals surface area contributed by atoms with Crippen LogP contribution in [0.25, 0.3) is 0 Å². The van der Waals surface area contributed by atoms with Gasteiger partial charge < -0.3 is 30.0 Å². The van der Waals surface area contributed by atoms with Crippen LogP contribution in [0.1, 0.15) is 5.56 Å². The van der Waals surface area contributed by atoms with Gasteiger partial charge in [-0.2, -0.15) is 0 Å². The molecule has 9 heteroatoms. The Morgan fingerprint density at radius 3 is 2.50 bits per heavy atom. The van der Waals surface area contributed by atoms with Crippen LogP contribution in [-0.4, -0.2) is 61.6 Å². The molecular weight excluding hydrogens is 378 g/mol. The average molecular weight is 392 g/mol. The van der Waals surface area contributed by atoms with Gasteiger partial charge in [-0.15, -0.1) is 0 Å². The number of aliphatic hydroxyl groups is 4. The lowest BCUT2D eigenvalue weighted by Crippen LogP contribution is -2.63. The zero-order valence-corrected chi connectivity index (χ0v) is 13.6. The number of halogens is 1. The van der Waals surface area contributed by atoms with E-state index < -0.39 is 36.1 Å². The van der Waals surface area contributed by atoms with E-state index in [1.165, 1.54) is 0 Å². The highest BCUT2D eigenvalue weighted by Gasteiger charge is 2.59. The second-order valence-electron chi connectivity index (χ2n) is 4.97. The van der Waals surface area contributed by atoms with E-state index in [4.69, 9.17) is 9.57 Å². The van der Waals surface area contributed by atoms with E-state index in [9.17, 15) is 20.4 Å². The monoisotopic (exact) mass is 391 g/mol. The van der Waals surface area contributed by atoms with Crippen molar-refractivity contribution in [3.05, 3.63) is 34.3 Å². The molecule has 1 aromatic carbocycles. The van der Waals surface area contributed by atoms with Crippen LogP contribution < -0.4 is 0 Å². The number of nitrogens with zero attached hydrogens (tertiary/aromatic N) is 1. The Morgan fingerprint density at radius 1 is 1.18 bits per heavy atom. The summed E-state index contributed by atoms with van der Waals surface area (Å²) in [5, 5.41) is 41.8. The van der Waals surface area contributed by atoms with Crippen molar-refractivity contribution in [2.75, 3.05) is 6.61 Å². The first kappa shape index (κ1) is 16.2. The number of hydrogen-bond acceptors (Lipinski definition) is 8. The van der Waals surface area contributed by atoms with Gasteiger partial charge in [0.15, 0.2) is 6.10 Å². The normalized spacial score (nSPS) is 38.0. The van der Waals surface area contributed by atoms with Crippen molar-refractivity contribution in [1.82, 2.24) is 0 Å². The van der Waals surface area contributed by atoms with Crippen LogP contribution in [0.4, 0.5) is 0 Å². The third-order valence-electron chi connectivity index (χ3n) is 3.50. The van der Waals surface area contributed by atoms with Crippen LogP contribution in [0.3, 0.4) is 0 Å². The maximum atomic E-state index is 10.2. The summed E-state index contributed by atoms with van der Waals surface area (Å²) in [5.74, 6) is 0. The fourth-order valence-corrected chi connectivity index (χ4v) is 3.62. The van der Waals surface area contributed by atoms with E-state index in [-0.39, 0.29) is 0 Å². The smallest absolute Gasteiger partial charge is 0.320 e. The van der Waals surface area contributed by atoms with Gasteiger partial charge in [0.1, 0.15) is 23.4 Å². The summed E-state index contributed by atoms with van der Waals surface area (Å²) in [6, 6.07) is 7.28. The topological polar surface area (TPSA) is 112 Å². The molecule has 0 saturated carbocycles. The number of ether oxygens (including phenoxy) is 1. The number of oxime groups is 1. The van der Waals surface area contributed by atoms with E-state index in [0.717, 1.165) is 21.8 Å². The molecule has 1 spiro atoms. The van der Waals surface area contributed by atoms with Gasteiger partial charge in [-0.3, -0.25) is 0 Å². The lowest BCUT2D eigenvalue weighted by atomic mass is 9.99. The molecule has 0 radical (unpaired) electrons. The Kier molecular flexibility index (Phi) is 4.47. The third kappa shape index (κ3) is 2.67. The molecular formula is C13H14BrNO6S. The minimum atomic E-state index is -1.69. The van der Waals surface area contributed by atoms with Gasteiger partial charge in [0, 0.05) is 10.0 Å². The van der Waals surface area contributed by atoms with Crippen molar-refractivity contribution in [2.24, 2.45) is 5.16 Å². The Labute approximate surface area is 138 Å². The largest absolute Gasteiger partial charge is 0.394 e. The second kappa shape index (κ2) is 6.08. The molecule has 0 amide bonds. The molecule has 2 heterocycles. The average Bonchev–Trinajstić information content (AvgIpc) is 2.95. The number of thioether (sulfide) groups is 1. The molecule has 1 fully saturated rings. The summed E-state index contributed by atoms with van der Waals surface area (Å²) in [5.41, 5.74) is 0.752. The molecule has 1 aromatic rings. The molecule has 2 aliphatic heterocycles. The van der Waals surface area contributed by atoms with Crippen LogP contribution in [0, 0.1) is 0 Å². The van der Waals surface area contributed by atoms with Gasteiger partial charge in [0.05, 0.1) is 6.61 Å². The predicted octanol–water partition coefficient (Wildman–Crippen LogP) is 0.00170.